The first-order valence-electron chi connectivity index (χ1n) is 8.65. The highest BCUT2D eigenvalue weighted by Crippen LogP contribution is 2.17. The number of hydrogen-bond donors (Lipinski definition) is 0. The first-order chi connectivity index (χ1) is 12.9. The van der Waals surface area contributed by atoms with Gasteiger partial charge in [-0.25, -0.2) is 0 Å². The molecule has 0 saturated carbocycles. The maximum absolute atomic E-state index is 5.61. The van der Waals surface area contributed by atoms with Crippen molar-refractivity contribution < 1.29 is 28.4 Å². The van der Waals surface area contributed by atoms with Gasteiger partial charge in [-0.1, -0.05) is 31.9 Å². The second-order valence-corrected chi connectivity index (χ2v) is 6.58. The lowest BCUT2D eigenvalue weighted by atomic mass is 10.3. The molecule has 0 aliphatic heterocycles. The van der Waals surface area contributed by atoms with Crippen LogP contribution >= 0.6 is 31.9 Å². The summed E-state index contributed by atoms with van der Waals surface area (Å²) in [5.41, 5.74) is 0. The Morgan fingerprint density at radius 3 is 1.12 bits per heavy atom. The van der Waals surface area contributed by atoms with Crippen LogP contribution in [0.4, 0.5) is 0 Å². The predicted octanol–water partition coefficient (Wildman–Crippen LogP) is 3.30. The second-order valence-electron chi connectivity index (χ2n) is 5.00. The highest BCUT2D eigenvalue weighted by Gasteiger charge is 1.98. The fourth-order valence-corrected chi connectivity index (χ4v) is 2.28. The second kappa shape index (κ2) is 18.0. The zero-order valence-corrected chi connectivity index (χ0v) is 18.2. The highest BCUT2D eigenvalue weighted by atomic mass is 79.9. The quantitative estimate of drug-likeness (QED) is 0.228. The van der Waals surface area contributed by atoms with Gasteiger partial charge in [0.15, 0.2) is 0 Å². The molecule has 1 rings (SSSR count). The summed E-state index contributed by atoms with van der Waals surface area (Å²) in [6.07, 6.45) is 0. The van der Waals surface area contributed by atoms with Gasteiger partial charge in [-0.2, -0.15) is 0 Å². The standard InChI is InChI=1S/C18H28Br2O6/c19-5-7-21-9-11-23-13-15-25-17-1-2-18(4-3-17)26-16-14-24-12-10-22-8-6-20/h1-4H,5-16H2. The maximum atomic E-state index is 5.61. The average Bonchev–Trinajstić information content (AvgIpc) is 2.67. The highest BCUT2D eigenvalue weighted by molar-refractivity contribution is 9.09. The summed E-state index contributed by atoms with van der Waals surface area (Å²) in [5.74, 6) is 1.58. The molecule has 0 amide bonds. The minimum atomic E-state index is 0.504. The van der Waals surface area contributed by atoms with Gasteiger partial charge < -0.3 is 28.4 Å². The SMILES string of the molecule is BrCCOCCOCCOc1ccc(OCCOCCOCCBr)cc1. The summed E-state index contributed by atoms with van der Waals surface area (Å²) in [6, 6.07) is 7.51. The summed E-state index contributed by atoms with van der Waals surface area (Å²) in [5, 5.41) is 1.69. The van der Waals surface area contributed by atoms with E-state index in [1.807, 2.05) is 24.3 Å². The normalized spacial score (nSPS) is 10.8. The molecule has 0 aliphatic rings. The Hall–Kier alpha value is -0.380. The molecular weight excluding hydrogens is 472 g/mol. The van der Waals surface area contributed by atoms with Crippen LogP contribution in [-0.2, 0) is 18.9 Å². The Balaban J connectivity index is 1.98. The molecule has 0 radical (unpaired) electrons. The monoisotopic (exact) mass is 498 g/mol. The molecule has 0 atom stereocenters. The van der Waals surface area contributed by atoms with Gasteiger partial charge in [-0.05, 0) is 24.3 Å². The fraction of sp³-hybridized carbons (Fsp3) is 0.667. The molecule has 0 spiro atoms. The van der Waals surface area contributed by atoms with Gasteiger partial charge in [0.25, 0.3) is 0 Å². The largest absolute Gasteiger partial charge is 0.491 e. The molecule has 0 aliphatic carbocycles. The number of alkyl halides is 2. The third kappa shape index (κ3) is 13.8. The maximum Gasteiger partial charge on any atom is 0.119 e. The van der Waals surface area contributed by atoms with Crippen molar-refractivity contribution in [1.29, 1.82) is 0 Å². The number of rotatable bonds is 18. The molecule has 1 aromatic carbocycles. The zero-order valence-electron chi connectivity index (χ0n) is 15.0. The molecule has 6 nitrogen and oxygen atoms in total. The Morgan fingerprint density at radius 2 is 0.769 bits per heavy atom. The van der Waals surface area contributed by atoms with Crippen molar-refractivity contribution in [1.82, 2.24) is 0 Å². The van der Waals surface area contributed by atoms with E-state index in [4.69, 9.17) is 28.4 Å². The van der Waals surface area contributed by atoms with Gasteiger partial charge in [0.2, 0.25) is 0 Å². The summed E-state index contributed by atoms with van der Waals surface area (Å²) in [4.78, 5) is 0. The molecule has 0 unspecified atom stereocenters. The van der Waals surface area contributed by atoms with Gasteiger partial charge in [0.05, 0.1) is 52.9 Å². The topological polar surface area (TPSA) is 55.4 Å². The van der Waals surface area contributed by atoms with Crippen LogP contribution in [0.2, 0.25) is 0 Å². The van der Waals surface area contributed by atoms with Crippen molar-refractivity contribution in [2.75, 3.05) is 76.7 Å². The molecule has 0 bridgehead atoms. The summed E-state index contributed by atoms with van der Waals surface area (Å²) in [6.45, 7) is 5.84. The number of halogens is 2. The Morgan fingerprint density at radius 1 is 0.462 bits per heavy atom. The molecule has 150 valence electrons. The van der Waals surface area contributed by atoms with Crippen LogP contribution in [0.15, 0.2) is 24.3 Å². The van der Waals surface area contributed by atoms with E-state index in [9.17, 15) is 0 Å². The lowest BCUT2D eigenvalue weighted by molar-refractivity contribution is 0.0410. The minimum absolute atomic E-state index is 0.504. The summed E-state index contributed by atoms with van der Waals surface area (Å²) < 4.78 is 32.6. The third-order valence-electron chi connectivity index (χ3n) is 3.00. The van der Waals surface area contributed by atoms with Crippen LogP contribution < -0.4 is 9.47 Å². The molecule has 0 fully saturated rings. The Labute approximate surface area is 172 Å². The molecular formula is C18H28Br2O6. The van der Waals surface area contributed by atoms with Crippen molar-refractivity contribution in [2.45, 2.75) is 0 Å². The van der Waals surface area contributed by atoms with Crippen LogP contribution in [-0.4, -0.2) is 76.7 Å². The fourth-order valence-electron chi connectivity index (χ4n) is 1.82. The Bertz CT molecular complexity index is 380. The van der Waals surface area contributed by atoms with Crippen molar-refractivity contribution in [3.8, 4) is 11.5 Å². The van der Waals surface area contributed by atoms with Gasteiger partial charge in [0, 0.05) is 10.7 Å². The molecule has 0 N–H and O–H groups in total. The van der Waals surface area contributed by atoms with Gasteiger partial charge in [-0.3, -0.25) is 0 Å². The van der Waals surface area contributed by atoms with Crippen LogP contribution in [0, 0.1) is 0 Å². The first-order valence-corrected chi connectivity index (χ1v) is 10.9. The van der Waals surface area contributed by atoms with Crippen LogP contribution in [0.3, 0.4) is 0 Å². The van der Waals surface area contributed by atoms with E-state index in [2.05, 4.69) is 31.9 Å². The van der Waals surface area contributed by atoms with E-state index in [0.717, 1.165) is 22.2 Å². The number of hydrogen-bond acceptors (Lipinski definition) is 6. The van der Waals surface area contributed by atoms with Crippen molar-refractivity contribution in [3.05, 3.63) is 24.3 Å². The van der Waals surface area contributed by atoms with Crippen LogP contribution in [0.5, 0.6) is 11.5 Å². The van der Waals surface area contributed by atoms with Crippen LogP contribution in [0.1, 0.15) is 0 Å². The molecule has 0 heterocycles. The van der Waals surface area contributed by atoms with E-state index in [1.165, 1.54) is 0 Å². The molecule has 1 aromatic rings. The van der Waals surface area contributed by atoms with Gasteiger partial charge in [-0.15, -0.1) is 0 Å². The number of benzene rings is 1. The zero-order chi connectivity index (χ0) is 18.7. The third-order valence-corrected chi connectivity index (χ3v) is 3.65. The van der Waals surface area contributed by atoms with E-state index in [-0.39, 0.29) is 0 Å². The molecule has 26 heavy (non-hydrogen) atoms. The van der Waals surface area contributed by atoms with E-state index < -0.39 is 0 Å². The van der Waals surface area contributed by atoms with Crippen molar-refractivity contribution in [3.63, 3.8) is 0 Å². The summed E-state index contributed by atoms with van der Waals surface area (Å²) >= 11 is 6.60. The molecule has 8 heteroatoms. The summed E-state index contributed by atoms with van der Waals surface area (Å²) in [7, 11) is 0. The first kappa shape index (κ1) is 23.7. The average molecular weight is 500 g/mol. The number of ether oxygens (including phenoxy) is 6. The van der Waals surface area contributed by atoms with E-state index >= 15 is 0 Å². The van der Waals surface area contributed by atoms with Crippen molar-refractivity contribution >= 4 is 31.9 Å². The van der Waals surface area contributed by atoms with E-state index in [0.29, 0.717) is 66.1 Å². The lowest BCUT2D eigenvalue weighted by Gasteiger charge is -2.10. The predicted molar refractivity (Wildman–Crippen MR) is 108 cm³/mol. The Kier molecular flexibility index (Phi) is 16.4. The molecule has 0 saturated heterocycles. The molecule has 0 aromatic heterocycles. The minimum Gasteiger partial charge on any atom is -0.491 e. The smallest absolute Gasteiger partial charge is 0.119 e. The van der Waals surface area contributed by atoms with Crippen molar-refractivity contribution in [2.24, 2.45) is 0 Å². The lowest BCUT2D eigenvalue weighted by Crippen LogP contribution is -2.12. The van der Waals surface area contributed by atoms with E-state index in [1.54, 1.807) is 0 Å². The van der Waals surface area contributed by atoms with Gasteiger partial charge in [0.1, 0.15) is 24.7 Å². The van der Waals surface area contributed by atoms with Gasteiger partial charge >= 0.3 is 0 Å². The van der Waals surface area contributed by atoms with Crippen LogP contribution in [0.25, 0.3) is 0 Å².